The Balaban J connectivity index is 1.52. The van der Waals surface area contributed by atoms with Crippen molar-refractivity contribution in [3.05, 3.63) is 75.3 Å². The van der Waals surface area contributed by atoms with Crippen LogP contribution in [-0.4, -0.2) is 33.6 Å². The number of halogens is 1. The number of imidazole rings is 1. The molecule has 30 heavy (non-hydrogen) atoms. The molecule has 0 spiro atoms. The van der Waals surface area contributed by atoms with E-state index in [2.05, 4.69) is 10.3 Å². The van der Waals surface area contributed by atoms with Crippen LogP contribution in [0.1, 0.15) is 22.3 Å². The molecule has 1 aromatic heterocycles. The van der Waals surface area contributed by atoms with Gasteiger partial charge in [0, 0.05) is 37.0 Å². The number of hydrogen-bond acceptors (Lipinski definition) is 6. The smallest absolute Gasteiger partial charge is 0.294 e. The first kappa shape index (κ1) is 19.7. The summed E-state index contributed by atoms with van der Waals surface area (Å²) in [5.41, 5.74) is 1.02. The molecule has 1 amide bonds. The van der Waals surface area contributed by atoms with Crippen LogP contribution >= 0.6 is 11.6 Å². The van der Waals surface area contributed by atoms with Crippen LogP contribution in [0.3, 0.4) is 0 Å². The number of nitrogens with one attached hydrogen (secondary N) is 1. The minimum absolute atomic E-state index is 0.172. The molecule has 2 aromatic carbocycles. The summed E-state index contributed by atoms with van der Waals surface area (Å²) in [5, 5.41) is 14.6. The van der Waals surface area contributed by atoms with Gasteiger partial charge in [0.25, 0.3) is 11.6 Å². The molecule has 2 heterocycles. The van der Waals surface area contributed by atoms with Gasteiger partial charge < -0.3 is 19.4 Å². The van der Waals surface area contributed by atoms with Gasteiger partial charge in [-0.15, -0.1) is 0 Å². The number of hydrogen-bond donors (Lipinski definition) is 1. The highest BCUT2D eigenvalue weighted by molar-refractivity contribution is 6.32. The number of rotatable bonds is 5. The molecule has 0 bridgehead atoms. The molecule has 9 nitrogen and oxygen atoms in total. The van der Waals surface area contributed by atoms with Gasteiger partial charge in [-0.25, -0.2) is 4.98 Å². The van der Waals surface area contributed by atoms with E-state index < -0.39 is 10.8 Å². The molecule has 0 saturated heterocycles. The summed E-state index contributed by atoms with van der Waals surface area (Å²) in [6, 6.07) is 7.74. The summed E-state index contributed by atoms with van der Waals surface area (Å²) >= 11 is 6.27. The van der Waals surface area contributed by atoms with Crippen molar-refractivity contribution in [2.24, 2.45) is 0 Å². The Kier molecular flexibility index (Phi) is 5.53. The Morgan fingerprint density at radius 2 is 2.10 bits per heavy atom. The quantitative estimate of drug-likeness (QED) is 0.492. The zero-order valence-corrected chi connectivity index (χ0v) is 16.5. The van der Waals surface area contributed by atoms with E-state index in [1.807, 2.05) is 0 Å². The third-order valence-corrected chi connectivity index (χ3v) is 4.81. The Hall–Kier alpha value is -3.59. The van der Waals surface area contributed by atoms with Crippen LogP contribution in [0, 0.1) is 10.1 Å². The van der Waals surface area contributed by atoms with Crippen molar-refractivity contribution in [3.63, 3.8) is 0 Å². The predicted molar refractivity (Wildman–Crippen MR) is 108 cm³/mol. The number of benzene rings is 2. The second kappa shape index (κ2) is 8.42. The van der Waals surface area contributed by atoms with Crippen LogP contribution in [0.15, 0.2) is 49.1 Å². The van der Waals surface area contributed by atoms with E-state index in [0.717, 1.165) is 12.0 Å². The highest BCUT2D eigenvalue weighted by Crippen LogP contribution is 2.38. The highest BCUT2D eigenvalue weighted by Gasteiger charge is 2.20. The second-order valence-electron chi connectivity index (χ2n) is 6.57. The van der Waals surface area contributed by atoms with Crippen LogP contribution in [0.2, 0.25) is 5.02 Å². The second-order valence-corrected chi connectivity index (χ2v) is 6.98. The summed E-state index contributed by atoms with van der Waals surface area (Å²) in [7, 11) is 0. The van der Waals surface area contributed by atoms with Crippen molar-refractivity contribution < 1.29 is 19.2 Å². The SMILES string of the molecule is O=C(NCc1cc(Cl)c2c(c1)OCCCO2)c1ccc(-n2ccnc2)c([N+](=O)[O-])c1. The Bertz CT molecular complexity index is 1100. The number of carbonyl (C=O) groups is 1. The Morgan fingerprint density at radius 1 is 1.27 bits per heavy atom. The standard InChI is InChI=1S/C20H17ClN4O5/c21-15-8-13(9-18-19(15)30-7-1-6-29-18)11-23-20(26)14-2-3-16(17(10-14)25(27)28)24-5-4-22-12-24/h2-5,8-10,12H,1,6-7,11H2,(H,23,26). The van der Waals surface area contributed by atoms with E-state index in [-0.39, 0.29) is 17.8 Å². The lowest BCUT2D eigenvalue weighted by Crippen LogP contribution is -2.23. The number of fused-ring (bicyclic) bond motifs is 1. The van der Waals surface area contributed by atoms with Gasteiger partial charge in [-0.05, 0) is 29.8 Å². The van der Waals surface area contributed by atoms with Gasteiger partial charge in [0.05, 0.1) is 29.5 Å². The lowest BCUT2D eigenvalue weighted by atomic mass is 10.1. The van der Waals surface area contributed by atoms with Crippen LogP contribution in [0.5, 0.6) is 11.5 Å². The molecule has 10 heteroatoms. The largest absolute Gasteiger partial charge is 0.489 e. The number of amides is 1. The van der Waals surface area contributed by atoms with Gasteiger partial charge in [0.2, 0.25) is 0 Å². The summed E-state index contributed by atoms with van der Waals surface area (Å²) in [6.45, 7) is 1.22. The number of nitrogens with zero attached hydrogens (tertiary/aromatic N) is 3. The van der Waals surface area contributed by atoms with Crippen molar-refractivity contribution >= 4 is 23.2 Å². The monoisotopic (exact) mass is 428 g/mol. The highest BCUT2D eigenvalue weighted by atomic mass is 35.5. The maximum atomic E-state index is 12.6. The topological polar surface area (TPSA) is 109 Å². The van der Waals surface area contributed by atoms with Crippen LogP contribution < -0.4 is 14.8 Å². The van der Waals surface area contributed by atoms with Gasteiger partial charge in [0.1, 0.15) is 5.69 Å². The summed E-state index contributed by atoms with van der Waals surface area (Å²) in [5.74, 6) is 0.582. The fourth-order valence-electron chi connectivity index (χ4n) is 3.10. The molecule has 0 unspecified atom stereocenters. The molecule has 3 aromatic rings. The molecule has 0 radical (unpaired) electrons. The maximum absolute atomic E-state index is 12.6. The van der Waals surface area contributed by atoms with Crippen molar-refractivity contribution in [3.8, 4) is 17.2 Å². The average Bonchev–Trinajstić information content (AvgIpc) is 3.17. The summed E-state index contributed by atoms with van der Waals surface area (Å²) in [4.78, 5) is 27.4. The number of nitro benzene ring substituents is 1. The number of aromatic nitrogens is 2. The number of ether oxygens (including phenoxy) is 2. The molecule has 0 saturated carbocycles. The fourth-order valence-corrected chi connectivity index (χ4v) is 3.39. The number of carbonyl (C=O) groups excluding carboxylic acids is 1. The van der Waals surface area contributed by atoms with E-state index in [4.69, 9.17) is 21.1 Å². The van der Waals surface area contributed by atoms with E-state index >= 15 is 0 Å². The normalized spacial score (nSPS) is 12.8. The molecule has 154 valence electrons. The van der Waals surface area contributed by atoms with E-state index in [9.17, 15) is 14.9 Å². The zero-order valence-electron chi connectivity index (χ0n) is 15.7. The van der Waals surface area contributed by atoms with Crippen LogP contribution in [-0.2, 0) is 6.54 Å². The molecule has 1 N–H and O–H groups in total. The maximum Gasteiger partial charge on any atom is 0.294 e. The van der Waals surface area contributed by atoms with E-state index in [1.165, 1.54) is 35.3 Å². The molecule has 1 aliphatic rings. The molecule has 4 rings (SSSR count). The van der Waals surface area contributed by atoms with Gasteiger partial charge in [0.15, 0.2) is 11.5 Å². The zero-order chi connectivity index (χ0) is 21.1. The third-order valence-electron chi connectivity index (χ3n) is 4.53. The van der Waals surface area contributed by atoms with Crippen molar-refractivity contribution in [2.75, 3.05) is 13.2 Å². The van der Waals surface area contributed by atoms with Gasteiger partial charge in [-0.2, -0.15) is 0 Å². The molecular formula is C20H17ClN4O5. The predicted octanol–water partition coefficient (Wildman–Crippen LogP) is 3.53. The van der Waals surface area contributed by atoms with Crippen molar-refractivity contribution in [1.29, 1.82) is 0 Å². The van der Waals surface area contributed by atoms with Crippen molar-refractivity contribution in [2.45, 2.75) is 13.0 Å². The molecule has 0 aliphatic carbocycles. The fraction of sp³-hybridized carbons (Fsp3) is 0.200. The summed E-state index contributed by atoms with van der Waals surface area (Å²) in [6.07, 6.45) is 5.32. The Morgan fingerprint density at radius 3 is 2.87 bits per heavy atom. The Labute approximate surface area is 176 Å². The summed E-state index contributed by atoms with van der Waals surface area (Å²) < 4.78 is 12.8. The number of nitro groups is 1. The van der Waals surface area contributed by atoms with E-state index in [0.29, 0.717) is 35.4 Å². The van der Waals surface area contributed by atoms with Gasteiger partial charge in [-0.1, -0.05) is 11.6 Å². The first-order chi connectivity index (χ1) is 14.5. The van der Waals surface area contributed by atoms with Gasteiger partial charge >= 0.3 is 0 Å². The van der Waals surface area contributed by atoms with E-state index in [1.54, 1.807) is 18.3 Å². The van der Waals surface area contributed by atoms with Gasteiger partial charge in [-0.3, -0.25) is 14.9 Å². The lowest BCUT2D eigenvalue weighted by molar-refractivity contribution is -0.384. The molecular weight excluding hydrogens is 412 g/mol. The first-order valence-electron chi connectivity index (χ1n) is 9.16. The van der Waals surface area contributed by atoms with Crippen LogP contribution in [0.25, 0.3) is 5.69 Å². The van der Waals surface area contributed by atoms with Crippen LogP contribution in [0.4, 0.5) is 5.69 Å². The average molecular weight is 429 g/mol. The van der Waals surface area contributed by atoms with Crippen molar-refractivity contribution in [1.82, 2.24) is 14.9 Å². The lowest BCUT2D eigenvalue weighted by Gasteiger charge is -2.12. The molecule has 1 aliphatic heterocycles. The first-order valence-corrected chi connectivity index (χ1v) is 9.54. The minimum Gasteiger partial charge on any atom is -0.489 e. The third kappa shape index (κ3) is 4.06. The molecule has 0 atom stereocenters. The minimum atomic E-state index is -0.532. The molecule has 0 fully saturated rings.